The Labute approximate surface area is 151 Å². The molecule has 0 unspecified atom stereocenters. The second kappa shape index (κ2) is 7.00. The van der Waals surface area contributed by atoms with Crippen LogP contribution in [-0.2, 0) is 12.8 Å². The van der Waals surface area contributed by atoms with E-state index in [0.29, 0.717) is 22.8 Å². The van der Waals surface area contributed by atoms with E-state index in [2.05, 4.69) is 27.8 Å². The average molecular weight is 349 g/mol. The Morgan fingerprint density at radius 2 is 1.88 bits per heavy atom. The number of fused-ring (bicyclic) bond motifs is 1. The number of hydrogen-bond donors (Lipinski definition) is 1. The van der Waals surface area contributed by atoms with E-state index in [1.165, 1.54) is 31.1 Å². The molecule has 1 amide bonds. The maximum atomic E-state index is 12.6. The number of benzene rings is 2. The maximum absolute atomic E-state index is 12.6. The first-order chi connectivity index (χ1) is 12.8. The molecular formula is C20H19N3O3. The van der Waals surface area contributed by atoms with Crippen molar-refractivity contribution in [3.63, 3.8) is 0 Å². The predicted octanol–water partition coefficient (Wildman–Crippen LogP) is 3.88. The summed E-state index contributed by atoms with van der Waals surface area (Å²) in [5.74, 6) is 0.478. The van der Waals surface area contributed by atoms with Crippen LogP contribution >= 0.6 is 0 Å². The van der Waals surface area contributed by atoms with Crippen LogP contribution in [0.15, 0.2) is 47.1 Å². The van der Waals surface area contributed by atoms with E-state index < -0.39 is 0 Å². The van der Waals surface area contributed by atoms with E-state index >= 15 is 0 Å². The number of carbonyl (C=O) groups is 1. The molecule has 1 heterocycles. The summed E-state index contributed by atoms with van der Waals surface area (Å²) < 4.78 is 10.1. The topological polar surface area (TPSA) is 77.2 Å². The van der Waals surface area contributed by atoms with Gasteiger partial charge in [0.05, 0.1) is 12.7 Å². The molecule has 1 aliphatic carbocycles. The predicted molar refractivity (Wildman–Crippen MR) is 97.3 cm³/mol. The molecule has 0 fully saturated rings. The van der Waals surface area contributed by atoms with Crippen molar-refractivity contribution in [3.05, 3.63) is 59.2 Å². The van der Waals surface area contributed by atoms with Gasteiger partial charge in [-0.15, -0.1) is 0 Å². The monoisotopic (exact) mass is 349 g/mol. The van der Waals surface area contributed by atoms with E-state index in [-0.39, 0.29) is 5.91 Å². The zero-order chi connectivity index (χ0) is 17.9. The van der Waals surface area contributed by atoms with E-state index in [1.807, 2.05) is 12.1 Å². The van der Waals surface area contributed by atoms with Gasteiger partial charge in [0.15, 0.2) is 5.69 Å². The first kappa shape index (κ1) is 16.3. The lowest BCUT2D eigenvalue weighted by Crippen LogP contribution is -2.14. The fourth-order valence-corrected chi connectivity index (χ4v) is 3.35. The van der Waals surface area contributed by atoms with Crippen molar-refractivity contribution in [2.24, 2.45) is 0 Å². The van der Waals surface area contributed by atoms with Gasteiger partial charge in [-0.2, -0.15) is 0 Å². The smallest absolute Gasteiger partial charge is 0.260 e. The molecule has 6 nitrogen and oxygen atoms in total. The first-order valence-corrected chi connectivity index (χ1v) is 8.65. The highest BCUT2D eigenvalue weighted by molar-refractivity contribution is 6.07. The van der Waals surface area contributed by atoms with Gasteiger partial charge < -0.3 is 10.1 Å². The highest BCUT2D eigenvalue weighted by atomic mass is 16.6. The number of aryl methyl sites for hydroxylation is 2. The average Bonchev–Trinajstić information content (AvgIpc) is 3.15. The summed E-state index contributed by atoms with van der Waals surface area (Å²) in [5.41, 5.74) is 4.56. The summed E-state index contributed by atoms with van der Waals surface area (Å²) in [4.78, 5) is 12.6. The lowest BCUT2D eigenvalue weighted by Gasteiger charge is -2.16. The van der Waals surface area contributed by atoms with Crippen molar-refractivity contribution in [1.82, 2.24) is 10.3 Å². The van der Waals surface area contributed by atoms with Crippen LogP contribution < -0.4 is 10.1 Å². The Bertz CT molecular complexity index is 949. The second-order valence-corrected chi connectivity index (χ2v) is 6.31. The van der Waals surface area contributed by atoms with Crippen molar-refractivity contribution < 1.29 is 14.2 Å². The molecule has 4 rings (SSSR count). The standard InChI is InChI=1S/C20H19N3O3/c1-25-17-9-5-4-8-16(17)20(24)21-19-18(22-26-23-19)15-11-10-13-6-2-3-7-14(13)12-15/h4-5,8-12H,2-3,6-7H2,1H3,(H,21,23,24). The molecule has 1 aromatic heterocycles. The van der Waals surface area contributed by atoms with Gasteiger partial charge in [-0.1, -0.05) is 24.3 Å². The summed E-state index contributed by atoms with van der Waals surface area (Å²) in [7, 11) is 1.53. The lowest BCUT2D eigenvalue weighted by molar-refractivity contribution is 0.102. The number of para-hydroxylation sites is 1. The number of nitrogens with zero attached hydrogens (tertiary/aromatic N) is 2. The first-order valence-electron chi connectivity index (χ1n) is 8.65. The third kappa shape index (κ3) is 3.06. The number of carbonyl (C=O) groups excluding carboxylic acids is 1. The highest BCUT2D eigenvalue weighted by Crippen LogP contribution is 2.30. The maximum Gasteiger partial charge on any atom is 0.260 e. The summed E-state index contributed by atoms with van der Waals surface area (Å²) in [5, 5.41) is 10.6. The van der Waals surface area contributed by atoms with Crippen LogP contribution in [-0.4, -0.2) is 23.3 Å². The molecule has 0 saturated carbocycles. The van der Waals surface area contributed by atoms with Crippen LogP contribution in [0.25, 0.3) is 11.3 Å². The van der Waals surface area contributed by atoms with Gasteiger partial charge in [0.1, 0.15) is 5.75 Å². The summed E-state index contributed by atoms with van der Waals surface area (Å²) in [6.45, 7) is 0. The Balaban J connectivity index is 1.62. The largest absolute Gasteiger partial charge is 0.496 e. The van der Waals surface area contributed by atoms with Crippen LogP contribution in [0.3, 0.4) is 0 Å². The fraction of sp³-hybridized carbons (Fsp3) is 0.250. The molecule has 26 heavy (non-hydrogen) atoms. The number of anilines is 1. The third-order valence-electron chi connectivity index (χ3n) is 4.69. The van der Waals surface area contributed by atoms with Crippen LogP contribution in [0, 0.1) is 0 Å². The molecule has 6 heteroatoms. The number of ether oxygens (including phenoxy) is 1. The number of amides is 1. The zero-order valence-corrected chi connectivity index (χ0v) is 14.5. The second-order valence-electron chi connectivity index (χ2n) is 6.31. The van der Waals surface area contributed by atoms with Gasteiger partial charge >= 0.3 is 0 Å². The quantitative estimate of drug-likeness (QED) is 0.773. The minimum Gasteiger partial charge on any atom is -0.496 e. The Kier molecular flexibility index (Phi) is 4.39. The van der Waals surface area contributed by atoms with E-state index in [0.717, 1.165) is 18.4 Å². The molecule has 0 spiro atoms. The fourth-order valence-electron chi connectivity index (χ4n) is 3.35. The van der Waals surface area contributed by atoms with Gasteiger partial charge in [0.2, 0.25) is 5.82 Å². The molecule has 0 radical (unpaired) electrons. The summed E-state index contributed by atoms with van der Waals surface area (Å²) in [6, 6.07) is 13.3. The molecule has 132 valence electrons. The van der Waals surface area contributed by atoms with E-state index in [1.54, 1.807) is 18.2 Å². The van der Waals surface area contributed by atoms with Crippen molar-refractivity contribution in [2.45, 2.75) is 25.7 Å². The van der Waals surface area contributed by atoms with E-state index in [9.17, 15) is 4.79 Å². The van der Waals surface area contributed by atoms with Crippen LogP contribution in [0.2, 0.25) is 0 Å². The molecular weight excluding hydrogens is 330 g/mol. The molecule has 3 aromatic rings. The van der Waals surface area contributed by atoms with Crippen molar-refractivity contribution >= 4 is 11.7 Å². The SMILES string of the molecule is COc1ccccc1C(=O)Nc1nonc1-c1ccc2c(c1)CCCC2. The Morgan fingerprint density at radius 3 is 2.73 bits per heavy atom. The summed E-state index contributed by atoms with van der Waals surface area (Å²) in [6.07, 6.45) is 4.62. The third-order valence-corrected chi connectivity index (χ3v) is 4.69. The van der Waals surface area contributed by atoms with E-state index in [4.69, 9.17) is 9.37 Å². The van der Waals surface area contributed by atoms with Gasteiger partial charge in [0, 0.05) is 5.56 Å². The van der Waals surface area contributed by atoms with Crippen LogP contribution in [0.5, 0.6) is 5.75 Å². The number of rotatable bonds is 4. The van der Waals surface area contributed by atoms with Gasteiger partial charge in [-0.05, 0) is 65.3 Å². The van der Waals surface area contributed by atoms with Gasteiger partial charge in [-0.25, -0.2) is 4.63 Å². The number of methoxy groups -OCH3 is 1. The molecule has 0 aliphatic heterocycles. The Morgan fingerprint density at radius 1 is 1.08 bits per heavy atom. The van der Waals surface area contributed by atoms with Gasteiger partial charge in [0.25, 0.3) is 5.91 Å². The van der Waals surface area contributed by atoms with Crippen molar-refractivity contribution in [2.75, 3.05) is 12.4 Å². The number of aromatic nitrogens is 2. The zero-order valence-electron chi connectivity index (χ0n) is 14.5. The summed E-state index contributed by atoms with van der Waals surface area (Å²) >= 11 is 0. The minimum atomic E-state index is -0.322. The number of hydrogen-bond acceptors (Lipinski definition) is 5. The van der Waals surface area contributed by atoms with Crippen molar-refractivity contribution in [3.8, 4) is 17.0 Å². The molecule has 0 bridgehead atoms. The van der Waals surface area contributed by atoms with Crippen LogP contribution in [0.1, 0.15) is 34.3 Å². The molecule has 1 N–H and O–H groups in total. The Hall–Kier alpha value is -3.15. The number of nitrogens with one attached hydrogen (secondary N) is 1. The highest BCUT2D eigenvalue weighted by Gasteiger charge is 2.19. The minimum absolute atomic E-state index is 0.302. The van der Waals surface area contributed by atoms with Crippen molar-refractivity contribution in [1.29, 1.82) is 0 Å². The normalized spacial score (nSPS) is 13.1. The molecule has 0 saturated heterocycles. The van der Waals surface area contributed by atoms with Crippen LogP contribution in [0.4, 0.5) is 5.82 Å². The molecule has 2 aromatic carbocycles. The lowest BCUT2D eigenvalue weighted by atomic mass is 9.90. The molecule has 1 aliphatic rings. The molecule has 0 atom stereocenters. The van der Waals surface area contributed by atoms with Gasteiger partial charge in [-0.3, -0.25) is 4.79 Å².